The number of hydrogen-bond donors (Lipinski definition) is 2. The second kappa shape index (κ2) is 6.04. The summed E-state index contributed by atoms with van der Waals surface area (Å²) in [5.41, 5.74) is 9.30. The van der Waals surface area contributed by atoms with Gasteiger partial charge in [0.2, 0.25) is 0 Å². The van der Waals surface area contributed by atoms with E-state index < -0.39 is 6.35 Å². The number of nitrogens with zero attached hydrogens (tertiary/aromatic N) is 1. The average molecular weight is 341 g/mol. The molecular weight excluding hydrogens is 316 g/mol. The van der Waals surface area contributed by atoms with Crippen LogP contribution in [0.1, 0.15) is 50.2 Å². The first-order chi connectivity index (χ1) is 9.41. The Morgan fingerprint density at radius 2 is 1.80 bits per heavy atom. The maximum Gasteiger partial charge on any atom is 0.181 e. The number of benzene rings is 1. The van der Waals surface area contributed by atoms with E-state index >= 15 is 0 Å². The van der Waals surface area contributed by atoms with Crippen molar-refractivity contribution in [3.8, 4) is 0 Å². The van der Waals surface area contributed by atoms with Crippen LogP contribution in [0.2, 0.25) is 0 Å². The highest BCUT2D eigenvalue weighted by atomic mass is 79.9. The normalized spacial score (nSPS) is 19.1. The molecule has 0 heterocycles. The summed E-state index contributed by atoms with van der Waals surface area (Å²) >= 11 is 3.60. The van der Waals surface area contributed by atoms with Crippen LogP contribution >= 0.6 is 15.9 Å². The van der Waals surface area contributed by atoms with Crippen molar-refractivity contribution in [2.45, 2.75) is 64.8 Å². The fourth-order valence-corrected chi connectivity index (χ4v) is 3.80. The fourth-order valence-electron chi connectivity index (χ4n) is 3.57. The predicted molar refractivity (Wildman–Crippen MR) is 87.8 cm³/mol. The van der Waals surface area contributed by atoms with Gasteiger partial charge < -0.3 is 10.0 Å². The SMILES string of the molecule is CCC1(N(c2cc(C)c(Br)c(C)c2)C(N)O)CCCC1. The molecule has 1 saturated carbocycles. The standard InChI is InChI=1S/C16H25BrN2O/c1-4-16(7-5-6-8-16)19(15(18)20)13-9-11(2)14(17)12(3)10-13/h9-10,15,20H,4-8,18H2,1-3H3. The number of aliphatic hydroxyl groups excluding tert-OH is 1. The number of aliphatic hydroxyl groups is 1. The van der Waals surface area contributed by atoms with Crippen LogP contribution in [0.4, 0.5) is 5.69 Å². The topological polar surface area (TPSA) is 49.5 Å². The van der Waals surface area contributed by atoms with Gasteiger partial charge in [-0.05, 0) is 56.4 Å². The van der Waals surface area contributed by atoms with E-state index in [9.17, 15) is 5.11 Å². The maximum atomic E-state index is 10.2. The van der Waals surface area contributed by atoms with Gasteiger partial charge in [-0.25, -0.2) is 0 Å². The summed E-state index contributed by atoms with van der Waals surface area (Å²) in [7, 11) is 0. The van der Waals surface area contributed by atoms with Crippen molar-refractivity contribution in [2.75, 3.05) is 4.90 Å². The molecule has 1 aromatic rings. The second-order valence-electron chi connectivity index (χ2n) is 5.96. The third-order valence-corrected chi connectivity index (χ3v) is 5.92. The zero-order chi connectivity index (χ0) is 14.9. The van der Waals surface area contributed by atoms with Gasteiger partial charge in [-0.1, -0.05) is 35.7 Å². The predicted octanol–water partition coefficient (Wildman–Crippen LogP) is 3.83. The van der Waals surface area contributed by atoms with Gasteiger partial charge in [0.1, 0.15) is 0 Å². The van der Waals surface area contributed by atoms with Crippen molar-refractivity contribution in [1.82, 2.24) is 0 Å². The van der Waals surface area contributed by atoms with E-state index in [0.29, 0.717) is 0 Å². The minimum absolute atomic E-state index is 0.000869. The number of nitrogens with two attached hydrogens (primary N) is 1. The van der Waals surface area contributed by atoms with E-state index in [4.69, 9.17) is 5.73 Å². The largest absolute Gasteiger partial charge is 0.361 e. The molecule has 3 N–H and O–H groups in total. The molecule has 1 fully saturated rings. The zero-order valence-electron chi connectivity index (χ0n) is 12.6. The van der Waals surface area contributed by atoms with Gasteiger partial charge in [-0.2, -0.15) is 0 Å². The molecule has 1 aliphatic rings. The molecule has 0 aliphatic heterocycles. The second-order valence-corrected chi connectivity index (χ2v) is 6.76. The van der Waals surface area contributed by atoms with Crippen LogP contribution in [0, 0.1) is 13.8 Å². The van der Waals surface area contributed by atoms with E-state index in [-0.39, 0.29) is 5.54 Å². The molecule has 1 unspecified atom stereocenters. The maximum absolute atomic E-state index is 10.2. The third kappa shape index (κ3) is 2.74. The van der Waals surface area contributed by atoms with Crippen LogP contribution < -0.4 is 10.6 Å². The summed E-state index contributed by atoms with van der Waals surface area (Å²) in [6.07, 6.45) is 4.69. The number of anilines is 1. The summed E-state index contributed by atoms with van der Waals surface area (Å²) in [6.45, 7) is 6.35. The molecule has 112 valence electrons. The van der Waals surface area contributed by atoms with Gasteiger partial charge in [0.25, 0.3) is 0 Å². The van der Waals surface area contributed by atoms with E-state index in [1.807, 2.05) is 4.90 Å². The minimum atomic E-state index is -0.951. The number of hydrogen-bond acceptors (Lipinski definition) is 3. The molecule has 1 atom stereocenters. The van der Waals surface area contributed by atoms with Gasteiger partial charge in [0.05, 0.1) is 0 Å². The first-order valence-corrected chi connectivity index (χ1v) is 8.20. The van der Waals surface area contributed by atoms with E-state index in [2.05, 4.69) is 48.8 Å². The van der Waals surface area contributed by atoms with Crippen molar-refractivity contribution in [3.63, 3.8) is 0 Å². The molecule has 20 heavy (non-hydrogen) atoms. The zero-order valence-corrected chi connectivity index (χ0v) is 14.2. The summed E-state index contributed by atoms with van der Waals surface area (Å²) in [5, 5.41) is 10.2. The highest BCUT2D eigenvalue weighted by Gasteiger charge is 2.40. The average Bonchev–Trinajstić information content (AvgIpc) is 2.85. The van der Waals surface area contributed by atoms with Crippen molar-refractivity contribution in [2.24, 2.45) is 5.73 Å². The lowest BCUT2D eigenvalue weighted by atomic mass is 9.90. The number of aryl methyl sites for hydroxylation is 2. The van der Waals surface area contributed by atoms with Gasteiger partial charge in [0.15, 0.2) is 6.35 Å². The molecule has 4 heteroatoms. The molecule has 0 spiro atoms. The summed E-state index contributed by atoms with van der Waals surface area (Å²) in [5.74, 6) is 0. The smallest absolute Gasteiger partial charge is 0.181 e. The van der Waals surface area contributed by atoms with Gasteiger partial charge in [-0.15, -0.1) is 0 Å². The fraction of sp³-hybridized carbons (Fsp3) is 0.625. The van der Waals surface area contributed by atoms with Crippen LogP contribution in [0.25, 0.3) is 0 Å². The molecule has 1 aliphatic carbocycles. The molecule has 1 aromatic carbocycles. The Balaban J connectivity index is 2.48. The molecule has 0 bridgehead atoms. The van der Waals surface area contributed by atoms with Gasteiger partial charge in [0, 0.05) is 15.7 Å². The van der Waals surface area contributed by atoms with Crippen molar-refractivity contribution in [3.05, 3.63) is 27.7 Å². The molecular formula is C16H25BrN2O. The number of rotatable bonds is 4. The van der Waals surface area contributed by atoms with E-state index in [1.54, 1.807) is 0 Å². The molecule has 0 radical (unpaired) electrons. The molecule has 0 saturated heterocycles. The van der Waals surface area contributed by atoms with Crippen molar-refractivity contribution < 1.29 is 5.11 Å². The van der Waals surface area contributed by atoms with Gasteiger partial charge >= 0.3 is 0 Å². The lowest BCUT2D eigenvalue weighted by Crippen LogP contribution is -2.56. The highest BCUT2D eigenvalue weighted by molar-refractivity contribution is 9.10. The Kier molecular flexibility index (Phi) is 4.77. The Morgan fingerprint density at radius 1 is 1.30 bits per heavy atom. The molecule has 0 aromatic heterocycles. The molecule has 3 nitrogen and oxygen atoms in total. The van der Waals surface area contributed by atoms with Crippen LogP contribution in [0.5, 0.6) is 0 Å². The first-order valence-electron chi connectivity index (χ1n) is 7.41. The lowest BCUT2D eigenvalue weighted by molar-refractivity contribution is 0.138. The Bertz CT molecular complexity index is 458. The monoisotopic (exact) mass is 340 g/mol. The molecule has 0 amide bonds. The van der Waals surface area contributed by atoms with Gasteiger partial charge in [-0.3, -0.25) is 5.73 Å². The van der Waals surface area contributed by atoms with Crippen LogP contribution in [-0.2, 0) is 0 Å². The summed E-state index contributed by atoms with van der Waals surface area (Å²) in [6, 6.07) is 4.23. The summed E-state index contributed by atoms with van der Waals surface area (Å²) < 4.78 is 1.13. The van der Waals surface area contributed by atoms with Crippen LogP contribution in [-0.4, -0.2) is 17.0 Å². The number of halogens is 1. The minimum Gasteiger partial charge on any atom is -0.361 e. The third-order valence-electron chi connectivity index (χ3n) is 4.67. The first kappa shape index (κ1) is 15.8. The van der Waals surface area contributed by atoms with Crippen LogP contribution in [0.3, 0.4) is 0 Å². The van der Waals surface area contributed by atoms with E-state index in [1.165, 1.54) is 24.0 Å². The van der Waals surface area contributed by atoms with Crippen LogP contribution in [0.15, 0.2) is 16.6 Å². The van der Waals surface area contributed by atoms with Crippen molar-refractivity contribution >= 4 is 21.6 Å². The summed E-state index contributed by atoms with van der Waals surface area (Å²) in [4.78, 5) is 2.03. The van der Waals surface area contributed by atoms with Crippen molar-refractivity contribution in [1.29, 1.82) is 0 Å². The molecule has 2 rings (SSSR count). The Hall–Kier alpha value is -0.580. The quantitative estimate of drug-likeness (QED) is 0.819. The highest BCUT2D eigenvalue weighted by Crippen LogP contribution is 2.42. The Labute approximate surface area is 130 Å². The lowest BCUT2D eigenvalue weighted by Gasteiger charge is -2.44. The Morgan fingerprint density at radius 3 is 2.20 bits per heavy atom. The van der Waals surface area contributed by atoms with E-state index in [0.717, 1.165) is 29.4 Å².